The van der Waals surface area contributed by atoms with E-state index < -0.39 is 5.60 Å². The molecule has 0 amide bonds. The first-order valence-corrected chi connectivity index (χ1v) is 6.21. The second kappa shape index (κ2) is 4.40. The molecule has 2 rings (SSSR count). The van der Waals surface area contributed by atoms with Crippen LogP contribution in [-0.4, -0.2) is 48.3 Å². The Morgan fingerprint density at radius 3 is 2.40 bits per heavy atom. The monoisotopic (exact) mass is 212 g/mol. The number of nitrogens with zero attached hydrogens (tertiary/aromatic N) is 1. The molecule has 0 aromatic carbocycles. The largest absolute Gasteiger partial charge is 0.390 e. The first kappa shape index (κ1) is 11.4. The summed E-state index contributed by atoms with van der Waals surface area (Å²) in [6.45, 7) is 0.996. The van der Waals surface area contributed by atoms with Crippen LogP contribution < -0.4 is 5.32 Å². The van der Waals surface area contributed by atoms with Gasteiger partial charge in [0.15, 0.2) is 0 Å². The third-order valence-corrected chi connectivity index (χ3v) is 3.85. The quantitative estimate of drug-likeness (QED) is 0.732. The maximum Gasteiger partial charge on any atom is 0.0689 e. The minimum absolute atomic E-state index is 0.398. The van der Waals surface area contributed by atoms with Crippen LogP contribution in [0.5, 0.6) is 0 Å². The summed E-state index contributed by atoms with van der Waals surface area (Å²) >= 11 is 0. The molecule has 3 nitrogen and oxygen atoms in total. The van der Waals surface area contributed by atoms with Crippen LogP contribution in [0, 0.1) is 0 Å². The van der Waals surface area contributed by atoms with E-state index in [9.17, 15) is 5.11 Å². The highest BCUT2D eigenvalue weighted by molar-refractivity contribution is 4.97. The van der Waals surface area contributed by atoms with E-state index >= 15 is 0 Å². The first-order chi connectivity index (χ1) is 7.07. The van der Waals surface area contributed by atoms with Gasteiger partial charge in [0.1, 0.15) is 0 Å². The summed E-state index contributed by atoms with van der Waals surface area (Å²) in [6.07, 6.45) is 6.68. The van der Waals surface area contributed by atoms with Gasteiger partial charge >= 0.3 is 0 Å². The van der Waals surface area contributed by atoms with E-state index in [0.29, 0.717) is 12.1 Å². The zero-order valence-electron chi connectivity index (χ0n) is 10.00. The van der Waals surface area contributed by atoms with Gasteiger partial charge in [-0.3, -0.25) is 0 Å². The molecule has 0 saturated carbocycles. The van der Waals surface area contributed by atoms with Crippen LogP contribution in [-0.2, 0) is 0 Å². The Balaban J connectivity index is 1.90. The van der Waals surface area contributed by atoms with Crippen molar-refractivity contribution in [3.8, 4) is 0 Å². The van der Waals surface area contributed by atoms with Crippen molar-refractivity contribution in [3.05, 3.63) is 0 Å². The predicted molar refractivity (Wildman–Crippen MR) is 61.9 cm³/mol. The Morgan fingerprint density at radius 1 is 1.27 bits per heavy atom. The van der Waals surface area contributed by atoms with Crippen molar-refractivity contribution in [2.45, 2.75) is 56.2 Å². The van der Waals surface area contributed by atoms with E-state index in [1.54, 1.807) is 0 Å². The Bertz CT molecular complexity index is 206. The molecule has 0 aromatic rings. The smallest absolute Gasteiger partial charge is 0.0689 e. The minimum atomic E-state index is -0.398. The van der Waals surface area contributed by atoms with Crippen molar-refractivity contribution in [1.82, 2.24) is 10.2 Å². The molecule has 3 heteroatoms. The Morgan fingerprint density at radius 2 is 1.87 bits per heavy atom. The molecule has 0 radical (unpaired) electrons. The Labute approximate surface area is 92.8 Å². The van der Waals surface area contributed by atoms with Gasteiger partial charge in [0.25, 0.3) is 0 Å². The average Bonchev–Trinajstić information content (AvgIpc) is 2.14. The normalized spacial score (nSPS) is 40.8. The molecule has 2 aliphatic heterocycles. The Hall–Kier alpha value is -0.120. The number of hydrogen-bond donors (Lipinski definition) is 2. The van der Waals surface area contributed by atoms with Crippen molar-refractivity contribution in [3.63, 3.8) is 0 Å². The SMILES string of the molecule is CN(C)CCC1(O)CC2CCCC(C1)N2. The molecule has 2 unspecified atom stereocenters. The van der Waals surface area contributed by atoms with Crippen LogP contribution in [0.3, 0.4) is 0 Å². The van der Waals surface area contributed by atoms with Crippen molar-refractivity contribution < 1.29 is 5.11 Å². The molecule has 0 spiro atoms. The minimum Gasteiger partial charge on any atom is -0.390 e. The highest BCUT2D eigenvalue weighted by Crippen LogP contribution is 2.34. The second-order valence-electron chi connectivity index (χ2n) is 5.68. The number of piperidine rings is 2. The zero-order chi connectivity index (χ0) is 10.9. The van der Waals surface area contributed by atoms with Crippen molar-refractivity contribution >= 4 is 0 Å². The van der Waals surface area contributed by atoms with Crippen molar-refractivity contribution in [2.24, 2.45) is 0 Å². The molecule has 0 aromatic heterocycles. The fraction of sp³-hybridized carbons (Fsp3) is 1.00. The second-order valence-corrected chi connectivity index (χ2v) is 5.68. The van der Waals surface area contributed by atoms with E-state index in [-0.39, 0.29) is 0 Å². The predicted octanol–water partition coefficient (Wildman–Crippen LogP) is 0.974. The maximum atomic E-state index is 10.6. The van der Waals surface area contributed by atoms with Crippen molar-refractivity contribution in [1.29, 1.82) is 0 Å². The fourth-order valence-corrected chi connectivity index (χ4v) is 3.07. The molecule has 2 fully saturated rings. The molecule has 0 aliphatic carbocycles. The molecule has 2 heterocycles. The van der Waals surface area contributed by atoms with E-state index in [2.05, 4.69) is 24.3 Å². The summed E-state index contributed by atoms with van der Waals surface area (Å²) in [7, 11) is 4.15. The van der Waals surface area contributed by atoms with Gasteiger partial charge in [-0.2, -0.15) is 0 Å². The van der Waals surface area contributed by atoms with Gasteiger partial charge in [-0.25, -0.2) is 0 Å². The summed E-state index contributed by atoms with van der Waals surface area (Å²) in [4.78, 5) is 2.16. The van der Waals surface area contributed by atoms with Crippen LogP contribution in [0.2, 0.25) is 0 Å². The summed E-state index contributed by atoms with van der Waals surface area (Å²) in [5.74, 6) is 0. The molecule has 2 bridgehead atoms. The molecule has 2 aliphatic rings. The van der Waals surface area contributed by atoms with Gasteiger partial charge in [-0.1, -0.05) is 6.42 Å². The van der Waals surface area contributed by atoms with E-state index in [1.165, 1.54) is 19.3 Å². The molecule has 2 N–H and O–H groups in total. The van der Waals surface area contributed by atoms with E-state index in [4.69, 9.17) is 0 Å². The van der Waals surface area contributed by atoms with Gasteiger partial charge in [0.05, 0.1) is 5.60 Å². The summed E-state index contributed by atoms with van der Waals surface area (Å²) in [6, 6.07) is 1.15. The Kier molecular flexibility index (Phi) is 3.33. The van der Waals surface area contributed by atoms with Crippen LogP contribution in [0.1, 0.15) is 38.5 Å². The fourth-order valence-electron chi connectivity index (χ4n) is 3.07. The zero-order valence-corrected chi connectivity index (χ0v) is 10.00. The van der Waals surface area contributed by atoms with E-state index in [1.807, 2.05) is 0 Å². The lowest BCUT2D eigenvalue weighted by Crippen LogP contribution is -2.56. The topological polar surface area (TPSA) is 35.5 Å². The molecule has 88 valence electrons. The molecule has 15 heavy (non-hydrogen) atoms. The van der Waals surface area contributed by atoms with Crippen molar-refractivity contribution in [2.75, 3.05) is 20.6 Å². The van der Waals surface area contributed by atoms with Gasteiger partial charge in [-0.05, 0) is 46.2 Å². The standard InChI is InChI=1S/C12H24N2O/c1-14(2)7-6-12(15)8-10-4-3-5-11(9-12)13-10/h10-11,13,15H,3-9H2,1-2H3. The van der Waals surface area contributed by atoms with Gasteiger partial charge in [0, 0.05) is 18.6 Å². The lowest BCUT2D eigenvalue weighted by atomic mass is 9.76. The number of aliphatic hydroxyl groups is 1. The number of nitrogens with one attached hydrogen (secondary N) is 1. The molecular formula is C12H24N2O. The van der Waals surface area contributed by atoms with Crippen LogP contribution in [0.4, 0.5) is 0 Å². The molecule has 2 atom stereocenters. The summed E-state index contributed by atoms with van der Waals surface area (Å²) < 4.78 is 0. The highest BCUT2D eigenvalue weighted by atomic mass is 16.3. The van der Waals surface area contributed by atoms with Gasteiger partial charge in [-0.15, -0.1) is 0 Å². The van der Waals surface area contributed by atoms with Crippen LogP contribution >= 0.6 is 0 Å². The summed E-state index contributed by atoms with van der Waals surface area (Å²) in [5.41, 5.74) is -0.398. The van der Waals surface area contributed by atoms with Gasteiger partial charge < -0.3 is 15.3 Å². The third kappa shape index (κ3) is 2.92. The third-order valence-electron chi connectivity index (χ3n) is 3.85. The van der Waals surface area contributed by atoms with Crippen LogP contribution in [0.15, 0.2) is 0 Å². The lowest BCUT2D eigenvalue weighted by Gasteiger charge is -2.45. The lowest BCUT2D eigenvalue weighted by molar-refractivity contribution is -0.0406. The molecule has 2 saturated heterocycles. The number of hydrogen-bond acceptors (Lipinski definition) is 3. The maximum absolute atomic E-state index is 10.6. The van der Waals surface area contributed by atoms with E-state index in [0.717, 1.165) is 25.8 Å². The van der Waals surface area contributed by atoms with Gasteiger partial charge in [0.2, 0.25) is 0 Å². The number of rotatable bonds is 3. The average molecular weight is 212 g/mol. The van der Waals surface area contributed by atoms with Crippen LogP contribution in [0.25, 0.3) is 0 Å². The highest BCUT2D eigenvalue weighted by Gasteiger charge is 2.40. The summed E-state index contributed by atoms with van der Waals surface area (Å²) in [5, 5.41) is 14.2. The number of fused-ring (bicyclic) bond motifs is 2. The molecular weight excluding hydrogens is 188 g/mol. The first-order valence-electron chi connectivity index (χ1n) is 6.21.